The third-order valence-electron chi connectivity index (χ3n) is 5.19. The number of ether oxygens (including phenoxy) is 1. The lowest BCUT2D eigenvalue weighted by Crippen LogP contribution is -2.15. The van der Waals surface area contributed by atoms with Crippen LogP contribution in [0.4, 0.5) is 5.69 Å². The summed E-state index contributed by atoms with van der Waals surface area (Å²) in [6.07, 6.45) is 8.52. The first kappa shape index (κ1) is 18.4. The van der Waals surface area contributed by atoms with Gasteiger partial charge in [0.05, 0.1) is 17.9 Å². The first-order chi connectivity index (χ1) is 12.6. The van der Waals surface area contributed by atoms with Crippen LogP contribution in [0.1, 0.15) is 72.4 Å². The van der Waals surface area contributed by atoms with Gasteiger partial charge in [-0.3, -0.25) is 4.99 Å². The van der Waals surface area contributed by atoms with Crippen molar-refractivity contribution in [1.82, 2.24) is 4.57 Å². The summed E-state index contributed by atoms with van der Waals surface area (Å²) in [6, 6.07) is 10.1. The number of hydrogen-bond acceptors (Lipinski definition) is 3. The summed E-state index contributed by atoms with van der Waals surface area (Å²) >= 11 is 0. The molecule has 1 fully saturated rings. The van der Waals surface area contributed by atoms with E-state index in [-0.39, 0.29) is 5.97 Å². The average molecular weight is 352 g/mol. The van der Waals surface area contributed by atoms with Gasteiger partial charge in [0.25, 0.3) is 0 Å². The van der Waals surface area contributed by atoms with Crippen LogP contribution in [0.15, 0.2) is 35.3 Å². The summed E-state index contributed by atoms with van der Waals surface area (Å²) in [6.45, 7) is 6.57. The number of benzene rings is 1. The molecule has 0 bridgehead atoms. The fraction of sp³-hybridized carbons (Fsp3) is 0.455. The maximum Gasteiger partial charge on any atom is 0.338 e. The van der Waals surface area contributed by atoms with Crippen LogP contribution in [0.2, 0.25) is 0 Å². The van der Waals surface area contributed by atoms with E-state index in [1.165, 1.54) is 49.1 Å². The molecule has 1 aromatic heterocycles. The highest BCUT2D eigenvalue weighted by Gasteiger charge is 2.19. The smallest absolute Gasteiger partial charge is 0.338 e. The molecule has 0 saturated heterocycles. The van der Waals surface area contributed by atoms with E-state index in [0.29, 0.717) is 18.2 Å². The van der Waals surface area contributed by atoms with Crippen molar-refractivity contribution in [3.8, 4) is 0 Å². The molecule has 4 nitrogen and oxygen atoms in total. The Morgan fingerprint density at radius 2 is 1.88 bits per heavy atom. The number of esters is 1. The van der Waals surface area contributed by atoms with E-state index in [2.05, 4.69) is 29.5 Å². The van der Waals surface area contributed by atoms with Crippen molar-refractivity contribution in [2.45, 2.75) is 58.9 Å². The van der Waals surface area contributed by atoms with Crippen LogP contribution in [0.25, 0.3) is 0 Å². The lowest BCUT2D eigenvalue weighted by molar-refractivity contribution is 0.0526. The Bertz CT molecular complexity index is 781. The zero-order chi connectivity index (χ0) is 18.5. The molecule has 138 valence electrons. The van der Waals surface area contributed by atoms with E-state index in [9.17, 15) is 4.79 Å². The Balaban J connectivity index is 1.75. The van der Waals surface area contributed by atoms with Crippen molar-refractivity contribution < 1.29 is 9.53 Å². The lowest BCUT2D eigenvalue weighted by Gasteiger charge is -2.26. The Labute approximate surface area is 155 Å². The van der Waals surface area contributed by atoms with Gasteiger partial charge in [0.2, 0.25) is 0 Å². The van der Waals surface area contributed by atoms with Crippen LogP contribution in [0.5, 0.6) is 0 Å². The molecule has 3 rings (SSSR count). The van der Waals surface area contributed by atoms with Gasteiger partial charge in [-0.05, 0) is 63.9 Å². The molecule has 26 heavy (non-hydrogen) atoms. The second kappa shape index (κ2) is 8.35. The minimum atomic E-state index is -0.293. The highest BCUT2D eigenvalue weighted by molar-refractivity contribution is 5.90. The van der Waals surface area contributed by atoms with Gasteiger partial charge in [-0.25, -0.2) is 4.79 Å². The van der Waals surface area contributed by atoms with Crippen LogP contribution in [-0.2, 0) is 4.74 Å². The quantitative estimate of drug-likeness (QED) is 0.524. The molecule has 0 atom stereocenters. The van der Waals surface area contributed by atoms with Crippen LogP contribution in [0.3, 0.4) is 0 Å². The Morgan fingerprint density at radius 3 is 2.54 bits per heavy atom. The molecule has 0 radical (unpaired) electrons. The van der Waals surface area contributed by atoms with Crippen LogP contribution in [-0.4, -0.2) is 23.4 Å². The van der Waals surface area contributed by atoms with Gasteiger partial charge in [-0.15, -0.1) is 0 Å². The molecular weight excluding hydrogens is 324 g/mol. The van der Waals surface area contributed by atoms with Crippen molar-refractivity contribution in [1.29, 1.82) is 0 Å². The first-order valence-corrected chi connectivity index (χ1v) is 9.60. The van der Waals surface area contributed by atoms with Crippen LogP contribution >= 0.6 is 0 Å². The number of aryl methyl sites for hydroxylation is 1. The minimum Gasteiger partial charge on any atom is -0.462 e. The van der Waals surface area contributed by atoms with Crippen molar-refractivity contribution in [2.75, 3.05) is 6.61 Å². The maximum absolute atomic E-state index is 11.7. The molecule has 1 aliphatic carbocycles. The Hall–Kier alpha value is -2.36. The summed E-state index contributed by atoms with van der Waals surface area (Å²) < 4.78 is 7.50. The molecule has 0 amide bonds. The van der Waals surface area contributed by atoms with Gasteiger partial charge in [-0.1, -0.05) is 19.3 Å². The minimum absolute atomic E-state index is 0.293. The average Bonchev–Trinajstić information content (AvgIpc) is 2.95. The summed E-state index contributed by atoms with van der Waals surface area (Å²) in [5, 5.41) is 0. The van der Waals surface area contributed by atoms with Gasteiger partial charge < -0.3 is 9.30 Å². The largest absolute Gasteiger partial charge is 0.462 e. The van der Waals surface area contributed by atoms with E-state index in [0.717, 1.165) is 5.69 Å². The summed E-state index contributed by atoms with van der Waals surface area (Å²) in [5.74, 6) is -0.293. The van der Waals surface area contributed by atoms with E-state index >= 15 is 0 Å². The predicted octanol–water partition coefficient (Wildman–Crippen LogP) is 5.54. The molecular formula is C22H28N2O2. The monoisotopic (exact) mass is 352 g/mol. The summed E-state index contributed by atoms with van der Waals surface area (Å²) in [7, 11) is 0. The standard InChI is InChI=1S/C22H28N2O2/c1-4-26-22(25)18-10-12-20(13-11-18)23-15-19-14-16(2)24(17(19)3)21-8-6-5-7-9-21/h10-15,21H,4-9H2,1-3H3. The first-order valence-electron chi connectivity index (χ1n) is 9.60. The van der Waals surface area contributed by atoms with Crippen LogP contribution in [0, 0.1) is 13.8 Å². The number of aromatic nitrogens is 1. The van der Waals surface area contributed by atoms with E-state index in [4.69, 9.17) is 4.74 Å². The van der Waals surface area contributed by atoms with Crippen molar-refractivity contribution in [3.63, 3.8) is 0 Å². The van der Waals surface area contributed by atoms with Gasteiger partial charge in [0.15, 0.2) is 0 Å². The SMILES string of the molecule is CCOC(=O)c1ccc(N=Cc2cc(C)n(C3CCCCC3)c2C)cc1. The fourth-order valence-corrected chi connectivity index (χ4v) is 3.88. The second-order valence-electron chi connectivity index (χ2n) is 7.01. The number of nitrogens with zero attached hydrogens (tertiary/aromatic N) is 2. The van der Waals surface area contributed by atoms with E-state index < -0.39 is 0 Å². The van der Waals surface area contributed by atoms with E-state index in [1.807, 2.05) is 18.3 Å². The number of carbonyl (C=O) groups is 1. The molecule has 0 aliphatic heterocycles. The van der Waals surface area contributed by atoms with Crippen LogP contribution < -0.4 is 0 Å². The number of rotatable bonds is 5. The van der Waals surface area contributed by atoms with Gasteiger partial charge in [-0.2, -0.15) is 0 Å². The highest BCUT2D eigenvalue weighted by atomic mass is 16.5. The van der Waals surface area contributed by atoms with Gasteiger partial charge in [0.1, 0.15) is 0 Å². The molecule has 1 heterocycles. The molecule has 0 spiro atoms. The third-order valence-corrected chi connectivity index (χ3v) is 5.19. The second-order valence-corrected chi connectivity index (χ2v) is 7.01. The van der Waals surface area contributed by atoms with Crippen molar-refractivity contribution >= 4 is 17.9 Å². The summed E-state index contributed by atoms with van der Waals surface area (Å²) in [4.78, 5) is 16.3. The number of aliphatic imine (C=N–C) groups is 1. The molecule has 1 aromatic carbocycles. The van der Waals surface area contributed by atoms with E-state index in [1.54, 1.807) is 19.1 Å². The van der Waals surface area contributed by atoms with Crippen molar-refractivity contribution in [3.05, 3.63) is 52.8 Å². The molecule has 0 unspecified atom stereocenters. The topological polar surface area (TPSA) is 43.6 Å². The Morgan fingerprint density at radius 1 is 1.19 bits per heavy atom. The molecule has 1 aliphatic rings. The number of carbonyl (C=O) groups excluding carboxylic acids is 1. The summed E-state index contributed by atoms with van der Waals surface area (Å²) in [5.41, 5.74) is 5.17. The van der Waals surface area contributed by atoms with Gasteiger partial charge >= 0.3 is 5.97 Å². The van der Waals surface area contributed by atoms with Crippen molar-refractivity contribution in [2.24, 2.45) is 4.99 Å². The fourth-order valence-electron chi connectivity index (χ4n) is 3.88. The zero-order valence-electron chi connectivity index (χ0n) is 16.0. The van der Waals surface area contributed by atoms with Gasteiger partial charge in [0, 0.05) is 29.2 Å². The number of hydrogen-bond donors (Lipinski definition) is 0. The third kappa shape index (κ3) is 4.06. The molecule has 1 saturated carbocycles. The normalized spacial score (nSPS) is 15.5. The maximum atomic E-state index is 11.7. The predicted molar refractivity (Wildman–Crippen MR) is 106 cm³/mol. The molecule has 0 N–H and O–H groups in total. The molecule has 4 heteroatoms. The molecule has 2 aromatic rings. The zero-order valence-corrected chi connectivity index (χ0v) is 16.0. The lowest BCUT2D eigenvalue weighted by atomic mass is 9.95. The Kier molecular flexibility index (Phi) is 5.92. The highest BCUT2D eigenvalue weighted by Crippen LogP contribution is 2.32.